The molecule has 0 saturated heterocycles. The molecule has 0 bridgehead atoms. The van der Waals surface area contributed by atoms with E-state index < -0.39 is 0 Å². The predicted octanol–water partition coefficient (Wildman–Crippen LogP) is 6.27. The Labute approximate surface area is 241 Å². The van der Waals surface area contributed by atoms with Crippen LogP contribution in [0.3, 0.4) is 0 Å². The number of amides is 1. The van der Waals surface area contributed by atoms with E-state index in [-0.39, 0.29) is 5.91 Å². The van der Waals surface area contributed by atoms with Gasteiger partial charge in [0.15, 0.2) is 0 Å². The zero-order valence-electron chi connectivity index (χ0n) is 26.0. The summed E-state index contributed by atoms with van der Waals surface area (Å²) in [4.78, 5) is 12.6. The van der Waals surface area contributed by atoms with Crippen molar-refractivity contribution in [1.29, 1.82) is 0 Å². The zero-order valence-corrected chi connectivity index (χ0v) is 26.0. The van der Waals surface area contributed by atoms with Gasteiger partial charge in [-0.15, -0.1) is 0 Å². The van der Waals surface area contributed by atoms with Gasteiger partial charge >= 0.3 is 0 Å². The topological polar surface area (TPSA) is 79.2 Å². The summed E-state index contributed by atoms with van der Waals surface area (Å²) >= 11 is 0. The molecule has 4 aliphatic rings. The highest BCUT2D eigenvalue weighted by Crippen LogP contribution is 2.68. The van der Waals surface area contributed by atoms with Gasteiger partial charge in [0.05, 0.1) is 0 Å². The van der Waals surface area contributed by atoms with E-state index in [1.54, 1.807) is 0 Å². The molecule has 226 valence electrons. The van der Waals surface area contributed by atoms with E-state index in [9.17, 15) is 4.79 Å². The third-order valence-corrected chi connectivity index (χ3v) is 12.5. The lowest BCUT2D eigenvalue weighted by Gasteiger charge is -2.61. The fourth-order valence-electron chi connectivity index (χ4n) is 10.3. The molecule has 4 fully saturated rings. The Balaban J connectivity index is 1.11. The summed E-state index contributed by atoms with van der Waals surface area (Å²) in [6, 6.07) is 0. The molecular weight excluding hydrogens is 480 g/mol. The number of carbonyl (C=O) groups is 1. The number of fused-ring (bicyclic) bond motifs is 5. The van der Waals surface area contributed by atoms with Crippen LogP contribution >= 0.6 is 0 Å². The number of nitrogens with two attached hydrogens (primary N) is 1. The standard InChI is InChI=1S/C34H64N4O/c1-26(11-16-32(39)38-25-9-24-37-22-7-6-21-36-23-8-20-35)29-14-15-30-28-13-12-27-10-4-5-18-33(27,2)31(28)17-19-34(29,30)3/h26-31,36-37H,4-25,35H2,1-3H3,(H,38,39)/t26?,27-,28?,29+,30?,31?,33-,34+/m0/s1. The summed E-state index contributed by atoms with van der Waals surface area (Å²) in [6.07, 6.45) is 21.0. The molecule has 5 nitrogen and oxygen atoms in total. The first-order chi connectivity index (χ1) is 18.9. The first-order valence-corrected chi connectivity index (χ1v) is 17.3. The van der Waals surface area contributed by atoms with Crippen LogP contribution in [-0.2, 0) is 4.79 Å². The fourth-order valence-corrected chi connectivity index (χ4v) is 10.3. The fraction of sp³-hybridized carbons (Fsp3) is 0.971. The Morgan fingerprint density at radius 2 is 1.51 bits per heavy atom. The SMILES string of the molecule is CC(CCC(=O)NCCCNCCCCNCCCN)[C@H]1CCC2C3CC[C@@H]4CCCC[C@]4(C)C3CC[C@@]21C. The number of rotatable bonds is 16. The second kappa shape index (κ2) is 15.0. The van der Waals surface area contributed by atoms with Gasteiger partial charge in [-0.05, 0) is 163 Å². The molecule has 4 saturated carbocycles. The summed E-state index contributed by atoms with van der Waals surface area (Å²) in [5.41, 5.74) is 6.67. The minimum Gasteiger partial charge on any atom is -0.356 e. The quantitative estimate of drug-likeness (QED) is 0.173. The molecule has 0 radical (unpaired) electrons. The van der Waals surface area contributed by atoms with Crippen molar-refractivity contribution in [3.05, 3.63) is 0 Å². The average Bonchev–Trinajstić information content (AvgIpc) is 3.29. The molecule has 4 aliphatic carbocycles. The van der Waals surface area contributed by atoms with Gasteiger partial charge in [-0.2, -0.15) is 0 Å². The van der Waals surface area contributed by atoms with Crippen LogP contribution in [0.5, 0.6) is 0 Å². The van der Waals surface area contributed by atoms with Gasteiger partial charge in [0.2, 0.25) is 5.91 Å². The molecule has 5 heteroatoms. The van der Waals surface area contributed by atoms with Gasteiger partial charge in [-0.1, -0.05) is 33.6 Å². The van der Waals surface area contributed by atoms with E-state index in [0.29, 0.717) is 23.2 Å². The van der Waals surface area contributed by atoms with Gasteiger partial charge in [0.1, 0.15) is 0 Å². The third kappa shape index (κ3) is 7.60. The monoisotopic (exact) mass is 545 g/mol. The van der Waals surface area contributed by atoms with Gasteiger partial charge in [0.25, 0.3) is 0 Å². The van der Waals surface area contributed by atoms with Crippen molar-refractivity contribution in [1.82, 2.24) is 16.0 Å². The summed E-state index contributed by atoms with van der Waals surface area (Å²) in [5.74, 6) is 5.67. The van der Waals surface area contributed by atoms with Crippen LogP contribution in [0.15, 0.2) is 0 Å². The van der Waals surface area contributed by atoms with Gasteiger partial charge in [-0.25, -0.2) is 0 Å². The summed E-state index contributed by atoms with van der Waals surface area (Å²) in [7, 11) is 0. The van der Waals surface area contributed by atoms with Crippen LogP contribution in [0.2, 0.25) is 0 Å². The van der Waals surface area contributed by atoms with E-state index in [4.69, 9.17) is 5.73 Å². The largest absolute Gasteiger partial charge is 0.356 e. The first-order valence-electron chi connectivity index (χ1n) is 17.3. The second-order valence-corrected chi connectivity index (χ2v) is 14.7. The minimum atomic E-state index is 0.261. The molecule has 4 unspecified atom stereocenters. The van der Waals surface area contributed by atoms with E-state index >= 15 is 0 Å². The summed E-state index contributed by atoms with van der Waals surface area (Å²) in [5, 5.41) is 10.1. The number of hydrogen-bond acceptors (Lipinski definition) is 4. The van der Waals surface area contributed by atoms with Crippen LogP contribution in [0.4, 0.5) is 0 Å². The molecule has 4 rings (SSSR count). The van der Waals surface area contributed by atoms with Gasteiger partial charge in [0, 0.05) is 13.0 Å². The Kier molecular flexibility index (Phi) is 12.0. The second-order valence-electron chi connectivity index (χ2n) is 14.7. The molecule has 39 heavy (non-hydrogen) atoms. The number of hydrogen-bond donors (Lipinski definition) is 4. The van der Waals surface area contributed by atoms with E-state index in [2.05, 4.69) is 36.7 Å². The highest BCUT2D eigenvalue weighted by molar-refractivity contribution is 5.75. The normalized spacial score (nSPS) is 36.6. The molecular formula is C34H64N4O. The van der Waals surface area contributed by atoms with Gasteiger partial charge in [-0.3, -0.25) is 4.79 Å². The molecule has 8 atom stereocenters. The van der Waals surface area contributed by atoms with Crippen LogP contribution in [0.25, 0.3) is 0 Å². The zero-order chi connectivity index (χ0) is 27.7. The van der Waals surface area contributed by atoms with Crippen molar-refractivity contribution >= 4 is 5.91 Å². The number of carbonyl (C=O) groups excluding carboxylic acids is 1. The predicted molar refractivity (Wildman–Crippen MR) is 165 cm³/mol. The van der Waals surface area contributed by atoms with Crippen molar-refractivity contribution < 1.29 is 4.79 Å². The molecule has 0 spiro atoms. The van der Waals surface area contributed by atoms with Crippen LogP contribution in [0, 0.1) is 46.3 Å². The lowest BCUT2D eigenvalue weighted by Crippen LogP contribution is -2.53. The molecule has 0 aliphatic heterocycles. The van der Waals surface area contributed by atoms with E-state index in [1.165, 1.54) is 77.0 Å². The third-order valence-electron chi connectivity index (χ3n) is 12.5. The summed E-state index contributed by atoms with van der Waals surface area (Å²) in [6.45, 7) is 13.6. The molecule has 1 amide bonds. The lowest BCUT2D eigenvalue weighted by molar-refractivity contribution is -0.122. The highest BCUT2D eigenvalue weighted by atomic mass is 16.1. The average molecular weight is 545 g/mol. The van der Waals surface area contributed by atoms with Crippen LogP contribution in [-0.4, -0.2) is 45.2 Å². The molecule has 0 aromatic rings. The van der Waals surface area contributed by atoms with E-state index in [0.717, 1.165) is 88.1 Å². The summed E-state index contributed by atoms with van der Waals surface area (Å²) < 4.78 is 0. The van der Waals surface area contributed by atoms with E-state index in [1.807, 2.05) is 0 Å². The van der Waals surface area contributed by atoms with Crippen molar-refractivity contribution in [3.8, 4) is 0 Å². The van der Waals surface area contributed by atoms with Crippen molar-refractivity contribution in [2.75, 3.05) is 39.3 Å². The molecule has 0 aromatic carbocycles. The highest BCUT2D eigenvalue weighted by Gasteiger charge is 2.60. The lowest BCUT2D eigenvalue weighted by atomic mass is 9.44. The van der Waals surface area contributed by atoms with Crippen LogP contribution in [0.1, 0.15) is 124 Å². The number of unbranched alkanes of at least 4 members (excludes halogenated alkanes) is 1. The van der Waals surface area contributed by atoms with Gasteiger partial charge < -0.3 is 21.7 Å². The first kappa shape index (κ1) is 31.3. The smallest absolute Gasteiger partial charge is 0.220 e. The Morgan fingerprint density at radius 1 is 0.795 bits per heavy atom. The van der Waals surface area contributed by atoms with Crippen LogP contribution < -0.4 is 21.7 Å². The molecule has 5 N–H and O–H groups in total. The molecule has 0 aromatic heterocycles. The maximum Gasteiger partial charge on any atom is 0.220 e. The molecule has 0 heterocycles. The van der Waals surface area contributed by atoms with Crippen molar-refractivity contribution in [2.45, 2.75) is 124 Å². The Bertz CT molecular complexity index is 745. The Hall–Kier alpha value is -0.650. The maximum absolute atomic E-state index is 12.6. The van der Waals surface area contributed by atoms with Crippen molar-refractivity contribution in [2.24, 2.45) is 52.1 Å². The number of nitrogens with one attached hydrogen (secondary N) is 3. The minimum absolute atomic E-state index is 0.261. The van der Waals surface area contributed by atoms with Crippen molar-refractivity contribution in [3.63, 3.8) is 0 Å². The maximum atomic E-state index is 12.6. The Morgan fingerprint density at radius 3 is 2.28 bits per heavy atom.